The van der Waals surface area contributed by atoms with Crippen LogP contribution in [0.25, 0.3) is 5.69 Å². The van der Waals surface area contributed by atoms with Crippen LogP contribution in [0.4, 0.5) is 5.69 Å². The van der Waals surface area contributed by atoms with E-state index in [1.807, 2.05) is 49.7 Å². The molecule has 1 atom stereocenters. The average Bonchev–Trinajstić information content (AvgIpc) is 2.92. The number of hydrogen-bond donors (Lipinski definition) is 1. The highest BCUT2D eigenvalue weighted by Crippen LogP contribution is 2.29. The van der Waals surface area contributed by atoms with Crippen LogP contribution in [0.2, 0.25) is 10.0 Å². The van der Waals surface area contributed by atoms with E-state index in [2.05, 4.69) is 10.4 Å². The molecule has 0 aliphatic heterocycles. The number of nitrogens with zero attached hydrogens (tertiary/aromatic N) is 2. The molecular formula is C21H21Cl2N3O2. The number of aromatic nitrogens is 2. The second kappa shape index (κ2) is 8.25. The van der Waals surface area contributed by atoms with Crippen LogP contribution in [-0.2, 0) is 4.79 Å². The van der Waals surface area contributed by atoms with Crippen LogP contribution in [0.1, 0.15) is 23.9 Å². The van der Waals surface area contributed by atoms with E-state index in [9.17, 15) is 4.79 Å². The Kier molecular flexibility index (Phi) is 5.96. The second-order valence-corrected chi connectivity index (χ2v) is 7.46. The summed E-state index contributed by atoms with van der Waals surface area (Å²) in [7, 11) is 0. The van der Waals surface area contributed by atoms with E-state index in [-0.39, 0.29) is 5.91 Å². The summed E-state index contributed by atoms with van der Waals surface area (Å²) in [5.41, 5.74) is 4.34. The number of nitrogens with one attached hydrogen (secondary N) is 1. The molecule has 3 aromatic rings. The molecule has 1 heterocycles. The van der Waals surface area contributed by atoms with Crippen molar-refractivity contribution in [3.05, 3.63) is 69.5 Å². The SMILES string of the molecule is Cc1ccc(-n2nc(C)c(NC(=O)C(C)Oc3ccc(Cl)cc3Cl)c2C)cc1. The van der Waals surface area contributed by atoms with E-state index in [1.165, 1.54) is 5.56 Å². The molecule has 0 radical (unpaired) electrons. The minimum Gasteiger partial charge on any atom is -0.479 e. The van der Waals surface area contributed by atoms with Gasteiger partial charge in [0, 0.05) is 5.02 Å². The Bertz CT molecular complexity index is 1010. The van der Waals surface area contributed by atoms with Gasteiger partial charge in [-0.3, -0.25) is 4.79 Å². The molecule has 146 valence electrons. The molecule has 1 aromatic heterocycles. The van der Waals surface area contributed by atoms with Crippen LogP contribution in [0, 0.1) is 20.8 Å². The number of benzene rings is 2. The fraction of sp³-hybridized carbons (Fsp3) is 0.238. The average molecular weight is 418 g/mol. The molecule has 2 aromatic carbocycles. The standard InChI is InChI=1S/C21H21Cl2N3O2/c1-12-5-8-17(9-6-12)26-14(3)20(13(2)25-26)24-21(27)15(4)28-19-10-7-16(22)11-18(19)23/h5-11,15H,1-4H3,(H,24,27). The predicted molar refractivity (Wildman–Crippen MR) is 113 cm³/mol. The number of carbonyl (C=O) groups is 1. The van der Waals surface area contributed by atoms with Crippen molar-refractivity contribution < 1.29 is 9.53 Å². The Morgan fingerprint density at radius 2 is 1.79 bits per heavy atom. The molecule has 1 amide bonds. The number of amides is 1. The minimum absolute atomic E-state index is 0.291. The lowest BCUT2D eigenvalue weighted by molar-refractivity contribution is -0.122. The van der Waals surface area contributed by atoms with E-state index in [0.717, 1.165) is 17.1 Å². The Labute approximate surface area is 174 Å². The van der Waals surface area contributed by atoms with Crippen LogP contribution < -0.4 is 10.1 Å². The van der Waals surface area contributed by atoms with Gasteiger partial charge in [-0.25, -0.2) is 4.68 Å². The number of halogens is 2. The van der Waals surface area contributed by atoms with Gasteiger partial charge in [0.15, 0.2) is 6.10 Å². The molecule has 0 fully saturated rings. The summed E-state index contributed by atoms with van der Waals surface area (Å²) in [5.74, 6) is 0.109. The topological polar surface area (TPSA) is 56.2 Å². The number of rotatable bonds is 5. The number of carbonyl (C=O) groups excluding carboxylic acids is 1. The molecule has 7 heteroatoms. The Morgan fingerprint density at radius 1 is 1.11 bits per heavy atom. The third kappa shape index (κ3) is 4.32. The Hall–Kier alpha value is -2.50. The molecule has 0 bridgehead atoms. The van der Waals surface area contributed by atoms with Crippen molar-refractivity contribution in [1.29, 1.82) is 0 Å². The van der Waals surface area contributed by atoms with E-state index >= 15 is 0 Å². The molecule has 0 aliphatic rings. The van der Waals surface area contributed by atoms with E-state index < -0.39 is 6.10 Å². The highest BCUT2D eigenvalue weighted by Gasteiger charge is 2.21. The van der Waals surface area contributed by atoms with Crippen molar-refractivity contribution in [1.82, 2.24) is 9.78 Å². The summed E-state index contributed by atoms with van der Waals surface area (Å²) in [6, 6.07) is 12.9. The first-order valence-electron chi connectivity index (χ1n) is 8.82. The number of ether oxygens (including phenoxy) is 1. The lowest BCUT2D eigenvalue weighted by Gasteiger charge is -2.16. The van der Waals surface area contributed by atoms with Gasteiger partial charge in [0.2, 0.25) is 0 Å². The largest absolute Gasteiger partial charge is 0.479 e. The van der Waals surface area contributed by atoms with Gasteiger partial charge < -0.3 is 10.1 Å². The highest BCUT2D eigenvalue weighted by atomic mass is 35.5. The van der Waals surface area contributed by atoms with Crippen molar-refractivity contribution in [2.45, 2.75) is 33.8 Å². The van der Waals surface area contributed by atoms with Gasteiger partial charge in [-0.05, 0) is 58.0 Å². The molecular weight excluding hydrogens is 397 g/mol. The third-order valence-electron chi connectivity index (χ3n) is 4.38. The van der Waals surface area contributed by atoms with Crippen LogP contribution in [-0.4, -0.2) is 21.8 Å². The monoisotopic (exact) mass is 417 g/mol. The highest BCUT2D eigenvalue weighted by molar-refractivity contribution is 6.35. The van der Waals surface area contributed by atoms with Crippen LogP contribution in [0.5, 0.6) is 5.75 Å². The van der Waals surface area contributed by atoms with Crippen LogP contribution >= 0.6 is 23.2 Å². The van der Waals surface area contributed by atoms with Gasteiger partial charge in [0.05, 0.1) is 27.8 Å². The molecule has 0 saturated heterocycles. The van der Waals surface area contributed by atoms with Crippen molar-refractivity contribution in [2.24, 2.45) is 0 Å². The number of aryl methyl sites for hydroxylation is 2. The zero-order valence-electron chi connectivity index (χ0n) is 16.1. The van der Waals surface area contributed by atoms with E-state index in [0.29, 0.717) is 21.5 Å². The fourth-order valence-corrected chi connectivity index (χ4v) is 3.25. The summed E-state index contributed by atoms with van der Waals surface area (Å²) in [6.07, 6.45) is -0.750. The predicted octanol–water partition coefficient (Wildman–Crippen LogP) is 5.51. The number of anilines is 1. The van der Waals surface area contributed by atoms with Crippen LogP contribution in [0.15, 0.2) is 42.5 Å². The third-order valence-corrected chi connectivity index (χ3v) is 4.92. The summed E-state index contributed by atoms with van der Waals surface area (Å²) in [6.45, 7) is 7.46. The fourth-order valence-electron chi connectivity index (χ4n) is 2.80. The summed E-state index contributed by atoms with van der Waals surface area (Å²) >= 11 is 12.0. The first-order chi connectivity index (χ1) is 13.3. The minimum atomic E-state index is -0.750. The first kappa shape index (κ1) is 20.2. The molecule has 0 aliphatic carbocycles. The Balaban J connectivity index is 1.77. The van der Waals surface area contributed by atoms with Crippen molar-refractivity contribution in [2.75, 3.05) is 5.32 Å². The first-order valence-corrected chi connectivity index (χ1v) is 9.57. The lowest BCUT2D eigenvalue weighted by atomic mass is 10.2. The molecule has 28 heavy (non-hydrogen) atoms. The summed E-state index contributed by atoms with van der Waals surface area (Å²) in [5, 5.41) is 8.33. The lowest BCUT2D eigenvalue weighted by Crippen LogP contribution is -2.30. The molecule has 0 saturated carbocycles. The van der Waals surface area contributed by atoms with Gasteiger partial charge >= 0.3 is 0 Å². The summed E-state index contributed by atoms with van der Waals surface area (Å²) < 4.78 is 7.50. The molecule has 3 rings (SSSR count). The maximum atomic E-state index is 12.6. The quantitative estimate of drug-likeness (QED) is 0.595. The smallest absolute Gasteiger partial charge is 0.265 e. The van der Waals surface area contributed by atoms with Gasteiger partial charge in [-0.1, -0.05) is 40.9 Å². The van der Waals surface area contributed by atoms with Gasteiger partial charge in [0.1, 0.15) is 5.75 Å². The zero-order chi connectivity index (χ0) is 20.4. The van der Waals surface area contributed by atoms with Crippen molar-refractivity contribution >= 4 is 34.8 Å². The van der Waals surface area contributed by atoms with Crippen LogP contribution in [0.3, 0.4) is 0 Å². The van der Waals surface area contributed by atoms with Gasteiger partial charge in [-0.15, -0.1) is 0 Å². The second-order valence-electron chi connectivity index (χ2n) is 6.62. The van der Waals surface area contributed by atoms with Crippen molar-refractivity contribution in [3.63, 3.8) is 0 Å². The van der Waals surface area contributed by atoms with Gasteiger partial charge in [0.25, 0.3) is 5.91 Å². The zero-order valence-corrected chi connectivity index (χ0v) is 17.6. The Morgan fingerprint density at radius 3 is 2.43 bits per heavy atom. The maximum Gasteiger partial charge on any atom is 0.265 e. The van der Waals surface area contributed by atoms with E-state index in [1.54, 1.807) is 25.1 Å². The number of hydrogen-bond acceptors (Lipinski definition) is 3. The van der Waals surface area contributed by atoms with E-state index in [4.69, 9.17) is 27.9 Å². The van der Waals surface area contributed by atoms with Crippen molar-refractivity contribution in [3.8, 4) is 11.4 Å². The molecule has 0 spiro atoms. The molecule has 5 nitrogen and oxygen atoms in total. The van der Waals surface area contributed by atoms with Gasteiger partial charge in [-0.2, -0.15) is 5.10 Å². The summed E-state index contributed by atoms with van der Waals surface area (Å²) in [4.78, 5) is 12.6. The maximum absolute atomic E-state index is 12.6. The normalized spacial score (nSPS) is 11.9. The molecule has 1 N–H and O–H groups in total. The molecule has 1 unspecified atom stereocenters.